The van der Waals surface area contributed by atoms with E-state index in [0.717, 1.165) is 32.4 Å². The summed E-state index contributed by atoms with van der Waals surface area (Å²) in [6, 6.07) is 6.20. The molecule has 3 fully saturated rings. The quantitative estimate of drug-likeness (QED) is 0.583. The molecule has 3 atom stereocenters. The van der Waals surface area contributed by atoms with E-state index in [2.05, 4.69) is 10.2 Å². The van der Waals surface area contributed by atoms with Crippen molar-refractivity contribution in [3.05, 3.63) is 29.3 Å². The molecule has 0 radical (unpaired) electrons. The molecule has 1 aliphatic carbocycles. The monoisotopic (exact) mass is 478 g/mol. The lowest BCUT2D eigenvalue weighted by atomic mass is 9.90. The van der Waals surface area contributed by atoms with Gasteiger partial charge in [-0.1, -0.05) is 17.7 Å². The maximum absolute atomic E-state index is 12.9. The van der Waals surface area contributed by atoms with Crippen molar-refractivity contribution in [3.63, 3.8) is 0 Å². The molecule has 0 aromatic heterocycles. The molecule has 2 aliphatic heterocycles. The Labute approximate surface area is 200 Å². The second kappa shape index (κ2) is 10.2. The van der Waals surface area contributed by atoms with Crippen molar-refractivity contribution in [3.8, 4) is 0 Å². The summed E-state index contributed by atoms with van der Waals surface area (Å²) in [5.74, 6) is -0.0467. The van der Waals surface area contributed by atoms with Gasteiger partial charge in [0.15, 0.2) is 0 Å². The molecule has 9 heteroatoms. The fourth-order valence-corrected chi connectivity index (χ4v) is 5.37. The van der Waals surface area contributed by atoms with Crippen LogP contribution in [0.4, 0.5) is 10.5 Å². The Morgan fingerprint density at radius 2 is 2.06 bits per heavy atom. The normalized spacial score (nSPS) is 26.2. The highest BCUT2D eigenvalue weighted by Gasteiger charge is 2.51. The standard InChI is InChI=1S/C24H35ClN4O4/c1-17-14-29(20(16-30)5-10-27-12-9-24(7-8-24)21(31)15-27)22(32)6-11-28(17)23(33)26-19-4-2-3-18(25)13-19/h2-4,13,17,20-21,30-31H,5-12,14-16H2,1H3,(H,26,33)/t17-,20+,21-/m1/s1. The summed E-state index contributed by atoms with van der Waals surface area (Å²) in [7, 11) is 0. The van der Waals surface area contributed by atoms with E-state index in [0.29, 0.717) is 36.8 Å². The lowest BCUT2D eigenvalue weighted by Gasteiger charge is -2.38. The number of hydrogen-bond acceptors (Lipinski definition) is 5. The molecule has 1 spiro atoms. The first-order valence-electron chi connectivity index (χ1n) is 12.0. The Hall–Kier alpha value is -1.87. The molecule has 1 saturated carbocycles. The summed E-state index contributed by atoms with van der Waals surface area (Å²) in [5, 5.41) is 23.9. The number of benzene rings is 1. The molecule has 1 aromatic carbocycles. The predicted molar refractivity (Wildman–Crippen MR) is 127 cm³/mol. The molecular formula is C24H35ClN4O4. The van der Waals surface area contributed by atoms with Gasteiger partial charge in [0.05, 0.1) is 18.8 Å². The maximum atomic E-state index is 12.9. The number of rotatable bonds is 6. The third kappa shape index (κ3) is 5.62. The van der Waals surface area contributed by atoms with Crippen LogP contribution < -0.4 is 5.32 Å². The van der Waals surface area contributed by atoms with E-state index in [1.807, 2.05) is 6.92 Å². The number of aliphatic hydroxyl groups is 2. The molecule has 182 valence electrons. The van der Waals surface area contributed by atoms with Gasteiger partial charge in [-0.25, -0.2) is 4.79 Å². The molecular weight excluding hydrogens is 444 g/mol. The van der Waals surface area contributed by atoms with Crippen LogP contribution in [0, 0.1) is 5.41 Å². The minimum atomic E-state index is -0.301. The zero-order valence-corrected chi connectivity index (χ0v) is 20.0. The smallest absolute Gasteiger partial charge is 0.322 e. The van der Waals surface area contributed by atoms with Crippen LogP contribution in [0.15, 0.2) is 24.3 Å². The number of carbonyl (C=O) groups excluding carboxylic acids is 2. The first-order valence-corrected chi connectivity index (χ1v) is 12.3. The molecule has 4 rings (SSSR count). The first kappa shape index (κ1) is 24.3. The molecule has 1 aromatic rings. The fraction of sp³-hybridized carbons (Fsp3) is 0.667. The Morgan fingerprint density at radius 1 is 1.27 bits per heavy atom. The number of piperidine rings is 1. The number of halogens is 1. The van der Waals surface area contributed by atoms with Gasteiger partial charge in [-0.2, -0.15) is 0 Å². The van der Waals surface area contributed by atoms with Gasteiger partial charge >= 0.3 is 6.03 Å². The van der Waals surface area contributed by atoms with Crippen molar-refractivity contribution in [2.75, 3.05) is 44.6 Å². The summed E-state index contributed by atoms with van der Waals surface area (Å²) in [5.41, 5.74) is 0.773. The van der Waals surface area contributed by atoms with E-state index >= 15 is 0 Å². The minimum Gasteiger partial charge on any atom is -0.394 e. The second-order valence-corrected chi connectivity index (χ2v) is 10.3. The number of hydrogen-bond donors (Lipinski definition) is 3. The molecule has 2 heterocycles. The molecule has 3 amide bonds. The van der Waals surface area contributed by atoms with Crippen molar-refractivity contribution in [1.82, 2.24) is 14.7 Å². The van der Waals surface area contributed by atoms with Crippen LogP contribution in [-0.4, -0.2) is 94.4 Å². The summed E-state index contributed by atoms with van der Waals surface area (Å²) in [4.78, 5) is 31.4. The van der Waals surface area contributed by atoms with Crippen molar-refractivity contribution < 1.29 is 19.8 Å². The van der Waals surface area contributed by atoms with Gasteiger partial charge in [0, 0.05) is 49.4 Å². The number of nitrogens with one attached hydrogen (secondary N) is 1. The van der Waals surface area contributed by atoms with E-state index in [1.165, 1.54) is 0 Å². The highest BCUT2D eigenvalue weighted by Crippen LogP contribution is 2.53. The lowest BCUT2D eigenvalue weighted by molar-refractivity contribution is -0.134. The number of amides is 3. The van der Waals surface area contributed by atoms with Gasteiger partial charge in [-0.3, -0.25) is 4.79 Å². The zero-order valence-electron chi connectivity index (χ0n) is 19.3. The van der Waals surface area contributed by atoms with E-state index in [9.17, 15) is 19.8 Å². The van der Waals surface area contributed by atoms with E-state index in [-0.39, 0.29) is 48.6 Å². The lowest BCUT2D eigenvalue weighted by Crippen LogP contribution is -2.50. The van der Waals surface area contributed by atoms with Gasteiger partial charge < -0.3 is 30.2 Å². The number of nitrogens with zero attached hydrogens (tertiary/aromatic N) is 3. The number of carbonyl (C=O) groups is 2. The average Bonchev–Trinajstić information content (AvgIpc) is 3.57. The number of anilines is 1. The number of urea groups is 1. The van der Waals surface area contributed by atoms with Crippen molar-refractivity contribution in [2.45, 2.75) is 57.2 Å². The first-order chi connectivity index (χ1) is 15.8. The molecule has 2 saturated heterocycles. The predicted octanol–water partition coefficient (Wildman–Crippen LogP) is 2.39. The van der Waals surface area contributed by atoms with E-state index in [4.69, 9.17) is 11.6 Å². The van der Waals surface area contributed by atoms with E-state index in [1.54, 1.807) is 34.1 Å². The van der Waals surface area contributed by atoms with Crippen molar-refractivity contribution in [1.29, 1.82) is 0 Å². The van der Waals surface area contributed by atoms with Crippen LogP contribution in [0.25, 0.3) is 0 Å². The molecule has 0 bridgehead atoms. The van der Waals surface area contributed by atoms with Gasteiger partial charge in [-0.15, -0.1) is 0 Å². The van der Waals surface area contributed by atoms with Gasteiger partial charge in [0.2, 0.25) is 5.91 Å². The topological polar surface area (TPSA) is 96.3 Å². The van der Waals surface area contributed by atoms with Crippen LogP contribution >= 0.6 is 11.6 Å². The SMILES string of the molecule is C[C@@H]1CN([C@H](CO)CCN2CCC3(CC3)[C@H](O)C2)C(=O)CCN1C(=O)Nc1cccc(Cl)c1. The molecule has 3 N–H and O–H groups in total. The second-order valence-electron chi connectivity index (χ2n) is 9.83. The fourth-order valence-electron chi connectivity index (χ4n) is 5.18. The van der Waals surface area contributed by atoms with Crippen LogP contribution in [0.3, 0.4) is 0 Å². The third-order valence-corrected chi connectivity index (χ3v) is 7.84. The van der Waals surface area contributed by atoms with Crippen LogP contribution in [0.2, 0.25) is 5.02 Å². The Kier molecular flexibility index (Phi) is 7.48. The molecule has 3 aliphatic rings. The zero-order chi connectivity index (χ0) is 23.6. The van der Waals surface area contributed by atoms with Crippen molar-refractivity contribution >= 4 is 29.2 Å². The molecule has 8 nitrogen and oxygen atoms in total. The van der Waals surface area contributed by atoms with Crippen LogP contribution in [-0.2, 0) is 4.79 Å². The molecule has 33 heavy (non-hydrogen) atoms. The van der Waals surface area contributed by atoms with Gasteiger partial charge in [0.25, 0.3) is 0 Å². The third-order valence-electron chi connectivity index (χ3n) is 7.60. The highest BCUT2D eigenvalue weighted by molar-refractivity contribution is 6.30. The largest absolute Gasteiger partial charge is 0.394 e. The number of aliphatic hydroxyl groups excluding tert-OH is 2. The van der Waals surface area contributed by atoms with Crippen LogP contribution in [0.1, 0.15) is 39.0 Å². The van der Waals surface area contributed by atoms with Gasteiger partial charge in [-0.05, 0) is 62.8 Å². The highest BCUT2D eigenvalue weighted by atomic mass is 35.5. The Bertz CT molecular complexity index is 865. The van der Waals surface area contributed by atoms with Gasteiger partial charge in [0.1, 0.15) is 0 Å². The minimum absolute atomic E-state index is 0.0467. The summed E-state index contributed by atoms with van der Waals surface area (Å²) in [6.45, 7) is 4.85. The van der Waals surface area contributed by atoms with Crippen molar-refractivity contribution in [2.24, 2.45) is 5.41 Å². The maximum Gasteiger partial charge on any atom is 0.322 e. The summed E-state index contributed by atoms with van der Waals surface area (Å²) in [6.07, 6.45) is 3.86. The summed E-state index contributed by atoms with van der Waals surface area (Å²) < 4.78 is 0. The summed E-state index contributed by atoms with van der Waals surface area (Å²) >= 11 is 6.01. The average molecular weight is 479 g/mol. The molecule has 0 unspecified atom stereocenters. The van der Waals surface area contributed by atoms with Crippen LogP contribution in [0.5, 0.6) is 0 Å². The Morgan fingerprint density at radius 3 is 2.73 bits per heavy atom. The Balaban J connectivity index is 1.33. The number of likely N-dealkylation sites (tertiary alicyclic amines) is 1. The number of β-amino-alcohol motifs (C(OH)–C–C–N with tert-alkyl or cyclic N) is 1. The van der Waals surface area contributed by atoms with E-state index < -0.39 is 0 Å².